The lowest BCUT2D eigenvalue weighted by Crippen LogP contribution is -2.34. The maximum atomic E-state index is 6.24. The fourth-order valence-corrected chi connectivity index (χ4v) is 2.97. The van der Waals surface area contributed by atoms with Crippen molar-refractivity contribution in [2.24, 2.45) is 0 Å². The number of ether oxygens (including phenoxy) is 1. The molecule has 0 atom stereocenters. The lowest BCUT2D eigenvalue weighted by Gasteiger charge is -2.24. The van der Waals surface area contributed by atoms with Crippen molar-refractivity contribution in [3.05, 3.63) is 60.9 Å². The standard InChI is InChI=1S/C20H20N4O/c1-3-9-22-17(5-1)19-13-16(25-15-7-11-21-12-8-15)14-20(24-19)18-6-2-4-10-23-18/h1-6,9-10,13-15,21H,7-8,11-12H2. The zero-order chi connectivity index (χ0) is 16.9. The Kier molecular flexibility index (Phi) is 4.65. The SMILES string of the molecule is c1ccc(-c2cc(OC3CCNCC3)cc(-c3ccccn3)n2)nc1. The predicted octanol–water partition coefficient (Wildman–Crippen LogP) is 3.34. The van der Waals surface area contributed by atoms with Gasteiger partial charge in [-0.2, -0.15) is 0 Å². The highest BCUT2D eigenvalue weighted by atomic mass is 16.5. The summed E-state index contributed by atoms with van der Waals surface area (Å²) in [5.41, 5.74) is 3.26. The monoisotopic (exact) mass is 332 g/mol. The molecule has 0 aromatic carbocycles. The molecular weight excluding hydrogens is 312 g/mol. The third-order valence-corrected chi connectivity index (χ3v) is 4.24. The van der Waals surface area contributed by atoms with E-state index >= 15 is 0 Å². The molecule has 0 radical (unpaired) electrons. The van der Waals surface area contributed by atoms with Crippen LogP contribution in [0.25, 0.3) is 22.8 Å². The lowest BCUT2D eigenvalue weighted by molar-refractivity contribution is 0.162. The molecule has 5 heteroatoms. The minimum Gasteiger partial charge on any atom is -0.490 e. The van der Waals surface area contributed by atoms with Crippen molar-refractivity contribution in [3.63, 3.8) is 0 Å². The Balaban J connectivity index is 1.72. The summed E-state index contributed by atoms with van der Waals surface area (Å²) >= 11 is 0. The first-order valence-electron chi connectivity index (χ1n) is 8.61. The van der Waals surface area contributed by atoms with E-state index in [1.807, 2.05) is 48.5 Å². The Labute approximate surface area is 147 Å². The summed E-state index contributed by atoms with van der Waals surface area (Å²) in [4.78, 5) is 13.6. The average molecular weight is 332 g/mol. The summed E-state index contributed by atoms with van der Waals surface area (Å²) in [6.45, 7) is 1.99. The van der Waals surface area contributed by atoms with Gasteiger partial charge >= 0.3 is 0 Å². The van der Waals surface area contributed by atoms with Crippen molar-refractivity contribution in [1.29, 1.82) is 0 Å². The first-order chi connectivity index (χ1) is 12.4. The van der Waals surface area contributed by atoms with Crippen LogP contribution in [0.2, 0.25) is 0 Å². The zero-order valence-corrected chi connectivity index (χ0v) is 13.9. The molecule has 0 spiro atoms. The first-order valence-corrected chi connectivity index (χ1v) is 8.61. The van der Waals surface area contributed by atoms with Gasteiger partial charge in [-0.3, -0.25) is 9.97 Å². The van der Waals surface area contributed by atoms with Gasteiger partial charge in [-0.1, -0.05) is 12.1 Å². The predicted molar refractivity (Wildman–Crippen MR) is 97.2 cm³/mol. The van der Waals surface area contributed by atoms with Crippen molar-refractivity contribution in [3.8, 4) is 28.5 Å². The van der Waals surface area contributed by atoms with E-state index in [0.29, 0.717) is 0 Å². The Morgan fingerprint density at radius 1 is 0.800 bits per heavy atom. The normalized spacial score (nSPS) is 15.0. The Bertz CT molecular complexity index is 760. The molecule has 25 heavy (non-hydrogen) atoms. The largest absolute Gasteiger partial charge is 0.490 e. The van der Waals surface area contributed by atoms with Gasteiger partial charge in [0, 0.05) is 24.5 Å². The molecule has 0 unspecified atom stereocenters. The average Bonchev–Trinajstić information content (AvgIpc) is 2.70. The van der Waals surface area contributed by atoms with E-state index in [9.17, 15) is 0 Å². The topological polar surface area (TPSA) is 59.9 Å². The van der Waals surface area contributed by atoms with E-state index in [0.717, 1.165) is 54.5 Å². The van der Waals surface area contributed by atoms with Crippen LogP contribution in [0.15, 0.2) is 60.9 Å². The van der Waals surface area contributed by atoms with Crippen molar-refractivity contribution >= 4 is 0 Å². The number of aromatic nitrogens is 3. The van der Waals surface area contributed by atoms with Crippen LogP contribution < -0.4 is 10.1 Å². The van der Waals surface area contributed by atoms with Gasteiger partial charge in [0.2, 0.25) is 0 Å². The van der Waals surface area contributed by atoms with Crippen LogP contribution in [0.5, 0.6) is 5.75 Å². The fourth-order valence-electron chi connectivity index (χ4n) is 2.97. The van der Waals surface area contributed by atoms with E-state index in [2.05, 4.69) is 15.3 Å². The number of hydrogen-bond acceptors (Lipinski definition) is 5. The lowest BCUT2D eigenvalue weighted by atomic mass is 10.1. The van der Waals surface area contributed by atoms with E-state index in [-0.39, 0.29) is 6.10 Å². The second kappa shape index (κ2) is 7.40. The molecule has 3 aromatic rings. The number of rotatable bonds is 4. The summed E-state index contributed by atoms with van der Waals surface area (Å²) < 4.78 is 6.24. The molecule has 1 saturated heterocycles. The van der Waals surface area contributed by atoms with Crippen LogP contribution >= 0.6 is 0 Å². The zero-order valence-electron chi connectivity index (χ0n) is 13.9. The van der Waals surface area contributed by atoms with E-state index in [1.54, 1.807) is 12.4 Å². The van der Waals surface area contributed by atoms with Crippen molar-refractivity contribution in [1.82, 2.24) is 20.3 Å². The molecule has 1 fully saturated rings. The molecular formula is C20H20N4O. The van der Waals surface area contributed by atoms with E-state index in [1.165, 1.54) is 0 Å². The van der Waals surface area contributed by atoms with Crippen LogP contribution in [0.4, 0.5) is 0 Å². The molecule has 0 saturated carbocycles. The molecule has 0 bridgehead atoms. The minimum absolute atomic E-state index is 0.233. The second-order valence-electron chi connectivity index (χ2n) is 6.07. The molecule has 1 N–H and O–H groups in total. The molecule has 4 heterocycles. The highest BCUT2D eigenvalue weighted by Crippen LogP contribution is 2.28. The Morgan fingerprint density at radius 2 is 1.40 bits per heavy atom. The van der Waals surface area contributed by atoms with Gasteiger partial charge in [-0.25, -0.2) is 4.98 Å². The Morgan fingerprint density at radius 3 is 1.92 bits per heavy atom. The molecule has 3 aromatic heterocycles. The van der Waals surface area contributed by atoms with Crippen molar-refractivity contribution in [2.45, 2.75) is 18.9 Å². The summed E-state index contributed by atoms with van der Waals surface area (Å²) in [6, 6.07) is 15.6. The van der Waals surface area contributed by atoms with Gasteiger partial charge in [0.15, 0.2) is 0 Å². The second-order valence-corrected chi connectivity index (χ2v) is 6.07. The molecule has 0 amide bonds. The van der Waals surface area contributed by atoms with Gasteiger partial charge < -0.3 is 10.1 Å². The van der Waals surface area contributed by atoms with Gasteiger partial charge in [0.25, 0.3) is 0 Å². The van der Waals surface area contributed by atoms with Gasteiger partial charge in [-0.05, 0) is 50.2 Å². The van der Waals surface area contributed by atoms with Gasteiger partial charge in [0.1, 0.15) is 11.9 Å². The molecule has 0 aliphatic carbocycles. The highest BCUT2D eigenvalue weighted by Gasteiger charge is 2.16. The van der Waals surface area contributed by atoms with Gasteiger partial charge in [0.05, 0.1) is 22.8 Å². The first kappa shape index (κ1) is 15.7. The summed E-state index contributed by atoms with van der Waals surface area (Å²) in [5, 5.41) is 3.36. The van der Waals surface area contributed by atoms with Crippen LogP contribution in [0.1, 0.15) is 12.8 Å². The third-order valence-electron chi connectivity index (χ3n) is 4.24. The highest BCUT2D eigenvalue weighted by molar-refractivity contribution is 5.64. The Hall–Kier alpha value is -2.79. The summed E-state index contributed by atoms with van der Waals surface area (Å²) in [6.07, 6.45) is 5.81. The fraction of sp³-hybridized carbons (Fsp3) is 0.250. The van der Waals surface area contributed by atoms with Crippen LogP contribution in [0.3, 0.4) is 0 Å². The third kappa shape index (κ3) is 3.83. The summed E-state index contributed by atoms with van der Waals surface area (Å²) in [7, 11) is 0. The van der Waals surface area contributed by atoms with Crippen LogP contribution in [-0.2, 0) is 0 Å². The van der Waals surface area contributed by atoms with Crippen molar-refractivity contribution in [2.75, 3.05) is 13.1 Å². The minimum atomic E-state index is 0.233. The number of pyridine rings is 3. The van der Waals surface area contributed by atoms with Crippen LogP contribution in [-0.4, -0.2) is 34.1 Å². The van der Waals surface area contributed by atoms with Gasteiger partial charge in [-0.15, -0.1) is 0 Å². The molecule has 126 valence electrons. The quantitative estimate of drug-likeness (QED) is 0.794. The van der Waals surface area contributed by atoms with E-state index < -0.39 is 0 Å². The molecule has 4 rings (SSSR count). The van der Waals surface area contributed by atoms with Crippen molar-refractivity contribution < 1.29 is 4.74 Å². The summed E-state index contributed by atoms with van der Waals surface area (Å²) in [5.74, 6) is 0.822. The molecule has 5 nitrogen and oxygen atoms in total. The number of nitrogens with zero attached hydrogens (tertiary/aromatic N) is 3. The van der Waals surface area contributed by atoms with E-state index in [4.69, 9.17) is 9.72 Å². The smallest absolute Gasteiger partial charge is 0.124 e. The maximum Gasteiger partial charge on any atom is 0.124 e. The molecule has 1 aliphatic rings. The molecule has 1 aliphatic heterocycles. The number of piperidine rings is 1. The maximum absolute atomic E-state index is 6.24. The van der Waals surface area contributed by atoms with Crippen LogP contribution in [0, 0.1) is 0 Å². The number of hydrogen-bond donors (Lipinski definition) is 1. The number of nitrogens with one attached hydrogen (secondary N) is 1.